The van der Waals surface area contributed by atoms with Crippen molar-refractivity contribution in [2.75, 3.05) is 17.1 Å². The molecule has 0 aliphatic heterocycles. The molecule has 3 rings (SSSR count). The SMILES string of the molecule is CCC(C)NC(=O)C(Cc1ccccc1)N(Cc1cccc(Br)c1)C(=O)CN(c1ccc(C)c(C)c1)S(C)(=O)=O. The minimum absolute atomic E-state index is 0.0864. The summed E-state index contributed by atoms with van der Waals surface area (Å²) < 4.78 is 27.8. The molecule has 0 fully saturated rings. The number of carbonyl (C=O) groups is 2. The lowest BCUT2D eigenvalue weighted by Crippen LogP contribution is -2.54. The lowest BCUT2D eigenvalue weighted by molar-refractivity contribution is -0.140. The minimum atomic E-state index is -3.81. The first-order chi connectivity index (χ1) is 18.9. The summed E-state index contributed by atoms with van der Waals surface area (Å²) in [6.07, 6.45) is 2.11. The van der Waals surface area contributed by atoms with Crippen LogP contribution in [0.2, 0.25) is 0 Å². The van der Waals surface area contributed by atoms with E-state index in [0.29, 0.717) is 5.69 Å². The van der Waals surface area contributed by atoms with Crippen LogP contribution < -0.4 is 9.62 Å². The number of anilines is 1. The Hall–Kier alpha value is -3.17. The third-order valence-electron chi connectivity index (χ3n) is 6.97. The van der Waals surface area contributed by atoms with E-state index < -0.39 is 28.5 Å². The van der Waals surface area contributed by atoms with Crippen LogP contribution in [0.5, 0.6) is 0 Å². The normalized spacial score (nSPS) is 12.8. The Morgan fingerprint density at radius 1 is 0.925 bits per heavy atom. The predicted octanol–water partition coefficient (Wildman–Crippen LogP) is 5.39. The van der Waals surface area contributed by atoms with Gasteiger partial charge in [0.1, 0.15) is 12.6 Å². The van der Waals surface area contributed by atoms with Gasteiger partial charge in [0, 0.05) is 23.5 Å². The zero-order chi connectivity index (χ0) is 29.4. The Bertz CT molecular complexity index is 1430. The molecule has 2 unspecified atom stereocenters. The van der Waals surface area contributed by atoms with E-state index in [-0.39, 0.29) is 24.9 Å². The molecular formula is C31H38BrN3O4S. The summed E-state index contributed by atoms with van der Waals surface area (Å²) in [5.41, 5.74) is 4.05. The first kappa shape index (κ1) is 31.4. The van der Waals surface area contributed by atoms with Crippen molar-refractivity contribution in [3.8, 4) is 0 Å². The fourth-order valence-corrected chi connectivity index (χ4v) is 5.61. The van der Waals surface area contributed by atoms with Crippen molar-refractivity contribution in [2.24, 2.45) is 0 Å². The Morgan fingerprint density at radius 2 is 1.60 bits per heavy atom. The van der Waals surface area contributed by atoms with Crippen LogP contribution in [-0.2, 0) is 32.6 Å². The van der Waals surface area contributed by atoms with Gasteiger partial charge in [-0.25, -0.2) is 8.42 Å². The lowest BCUT2D eigenvalue weighted by Gasteiger charge is -2.34. The quantitative estimate of drug-likeness (QED) is 0.292. The molecule has 0 aliphatic carbocycles. The van der Waals surface area contributed by atoms with Crippen molar-refractivity contribution in [3.05, 3.63) is 99.5 Å². The lowest BCUT2D eigenvalue weighted by atomic mass is 10.0. The highest BCUT2D eigenvalue weighted by atomic mass is 79.9. The van der Waals surface area contributed by atoms with Crippen LogP contribution in [0.15, 0.2) is 77.3 Å². The standard InChI is InChI=1S/C31H38BrN3O4S/c1-6-24(4)33-31(37)29(19-25-11-8-7-9-12-25)34(20-26-13-10-14-27(32)18-26)30(36)21-35(40(5,38)39)28-16-15-22(2)23(3)17-28/h7-18,24,29H,6,19-21H2,1-5H3,(H,33,37). The van der Waals surface area contributed by atoms with Gasteiger partial charge in [-0.15, -0.1) is 0 Å². The van der Waals surface area contributed by atoms with E-state index in [0.717, 1.165) is 43.7 Å². The van der Waals surface area contributed by atoms with Gasteiger partial charge in [-0.2, -0.15) is 0 Å². The first-order valence-electron chi connectivity index (χ1n) is 13.3. The van der Waals surface area contributed by atoms with Gasteiger partial charge in [-0.3, -0.25) is 13.9 Å². The number of benzene rings is 3. The minimum Gasteiger partial charge on any atom is -0.352 e. The van der Waals surface area contributed by atoms with Gasteiger partial charge in [0.05, 0.1) is 11.9 Å². The summed E-state index contributed by atoms with van der Waals surface area (Å²) >= 11 is 3.49. The molecule has 214 valence electrons. The van der Waals surface area contributed by atoms with Gasteiger partial charge in [0.2, 0.25) is 21.8 Å². The van der Waals surface area contributed by atoms with Crippen LogP contribution in [0.3, 0.4) is 0 Å². The predicted molar refractivity (Wildman–Crippen MR) is 165 cm³/mol. The van der Waals surface area contributed by atoms with Crippen molar-refractivity contribution in [1.82, 2.24) is 10.2 Å². The molecule has 0 bridgehead atoms. The van der Waals surface area contributed by atoms with Gasteiger partial charge >= 0.3 is 0 Å². The van der Waals surface area contributed by atoms with Crippen LogP contribution in [-0.4, -0.2) is 50.0 Å². The van der Waals surface area contributed by atoms with E-state index in [2.05, 4.69) is 21.2 Å². The number of hydrogen-bond acceptors (Lipinski definition) is 4. The maximum atomic E-state index is 14.1. The summed E-state index contributed by atoms with van der Waals surface area (Å²) in [6.45, 7) is 7.44. The average molecular weight is 629 g/mol. The maximum Gasteiger partial charge on any atom is 0.244 e. The van der Waals surface area contributed by atoms with Crippen LogP contribution >= 0.6 is 15.9 Å². The van der Waals surface area contributed by atoms with Crippen molar-refractivity contribution in [1.29, 1.82) is 0 Å². The van der Waals surface area contributed by atoms with E-state index >= 15 is 0 Å². The van der Waals surface area contributed by atoms with Gasteiger partial charge < -0.3 is 10.2 Å². The summed E-state index contributed by atoms with van der Waals surface area (Å²) in [4.78, 5) is 29.3. The second kappa shape index (κ2) is 13.9. The molecule has 1 N–H and O–H groups in total. The third-order valence-corrected chi connectivity index (χ3v) is 8.61. The molecule has 9 heteroatoms. The number of aryl methyl sites for hydroxylation is 2. The highest BCUT2D eigenvalue weighted by molar-refractivity contribution is 9.10. The Labute approximate surface area is 246 Å². The van der Waals surface area contributed by atoms with E-state index in [1.165, 1.54) is 4.90 Å². The molecule has 3 aromatic carbocycles. The molecule has 0 aliphatic rings. The molecule has 0 saturated heterocycles. The largest absolute Gasteiger partial charge is 0.352 e. The first-order valence-corrected chi connectivity index (χ1v) is 16.0. The average Bonchev–Trinajstić information content (AvgIpc) is 2.90. The Balaban J connectivity index is 2.07. The van der Waals surface area contributed by atoms with Crippen LogP contribution in [0.1, 0.15) is 42.5 Å². The number of halogens is 1. The number of rotatable bonds is 12. The van der Waals surface area contributed by atoms with Crippen LogP contribution in [0.25, 0.3) is 0 Å². The maximum absolute atomic E-state index is 14.1. The monoisotopic (exact) mass is 627 g/mol. The van der Waals surface area contributed by atoms with Crippen molar-refractivity contribution < 1.29 is 18.0 Å². The topological polar surface area (TPSA) is 86.8 Å². The molecule has 0 saturated carbocycles. The number of nitrogens with zero attached hydrogens (tertiary/aromatic N) is 2. The van der Waals surface area contributed by atoms with E-state index in [1.54, 1.807) is 12.1 Å². The second-order valence-corrected chi connectivity index (χ2v) is 13.0. The summed E-state index contributed by atoms with van der Waals surface area (Å²) in [6, 6.07) is 21.4. The zero-order valence-corrected chi connectivity index (χ0v) is 26.1. The number of nitrogens with one attached hydrogen (secondary N) is 1. The van der Waals surface area contributed by atoms with Gasteiger partial charge in [0.25, 0.3) is 0 Å². The van der Waals surface area contributed by atoms with Gasteiger partial charge in [-0.05, 0) is 73.7 Å². The van der Waals surface area contributed by atoms with E-state index in [4.69, 9.17) is 0 Å². The number of hydrogen-bond donors (Lipinski definition) is 1. The van der Waals surface area contributed by atoms with E-state index in [9.17, 15) is 18.0 Å². The summed E-state index contributed by atoms with van der Waals surface area (Å²) in [5.74, 6) is -0.748. The number of amides is 2. The van der Waals surface area contributed by atoms with Crippen molar-refractivity contribution >= 4 is 43.5 Å². The Kier molecular flexibility index (Phi) is 10.9. The molecule has 2 amide bonds. The molecule has 0 spiro atoms. The fraction of sp³-hybridized carbons (Fsp3) is 0.355. The number of carbonyl (C=O) groups excluding carboxylic acids is 2. The van der Waals surface area contributed by atoms with Gasteiger partial charge in [-0.1, -0.05) is 71.4 Å². The molecule has 2 atom stereocenters. The highest BCUT2D eigenvalue weighted by Crippen LogP contribution is 2.23. The summed E-state index contributed by atoms with van der Waals surface area (Å²) in [7, 11) is -3.81. The molecule has 0 radical (unpaired) electrons. The molecule has 7 nitrogen and oxygen atoms in total. The molecule has 0 aromatic heterocycles. The fourth-order valence-electron chi connectivity index (χ4n) is 4.32. The van der Waals surface area contributed by atoms with Crippen molar-refractivity contribution in [3.63, 3.8) is 0 Å². The highest BCUT2D eigenvalue weighted by Gasteiger charge is 2.33. The van der Waals surface area contributed by atoms with E-state index in [1.807, 2.05) is 88.4 Å². The number of sulfonamides is 1. The van der Waals surface area contributed by atoms with Crippen LogP contribution in [0, 0.1) is 13.8 Å². The van der Waals surface area contributed by atoms with Gasteiger partial charge in [0.15, 0.2) is 0 Å². The summed E-state index contributed by atoms with van der Waals surface area (Å²) in [5, 5.41) is 3.04. The zero-order valence-electron chi connectivity index (χ0n) is 23.7. The smallest absolute Gasteiger partial charge is 0.244 e. The van der Waals surface area contributed by atoms with Crippen molar-refractivity contribution in [2.45, 2.75) is 59.2 Å². The molecule has 0 heterocycles. The third kappa shape index (κ3) is 8.66. The second-order valence-electron chi connectivity index (χ2n) is 10.2. The Morgan fingerprint density at radius 3 is 2.20 bits per heavy atom. The van der Waals surface area contributed by atoms with Crippen LogP contribution in [0.4, 0.5) is 5.69 Å². The molecular weight excluding hydrogens is 590 g/mol. The molecule has 3 aromatic rings. The molecule has 40 heavy (non-hydrogen) atoms.